The second kappa shape index (κ2) is 7.14. The first-order chi connectivity index (χ1) is 11.6. The Balaban J connectivity index is 1.75. The summed E-state index contributed by atoms with van der Waals surface area (Å²) >= 11 is 0. The Labute approximate surface area is 139 Å². The molecule has 3 rings (SSSR count). The van der Waals surface area contributed by atoms with Crippen molar-refractivity contribution in [3.05, 3.63) is 28.3 Å². The van der Waals surface area contributed by atoms with Gasteiger partial charge < -0.3 is 15.2 Å². The molecule has 0 radical (unpaired) electrons. The third-order valence-electron chi connectivity index (χ3n) is 4.72. The number of morpholine rings is 1. The maximum Gasteiger partial charge on any atom is 0.271 e. The Morgan fingerprint density at radius 1 is 1.38 bits per heavy atom. The number of hydrogen-bond acceptors (Lipinski definition) is 6. The molecule has 0 spiro atoms. The van der Waals surface area contributed by atoms with Gasteiger partial charge in [0.15, 0.2) is 0 Å². The standard InChI is InChI=1S/C16H21N3O5/c20-15-6-5-12(19(22)23)9-13(15)17-16(21)14-10-24-8-7-18(14)11-3-1-2-4-11/h5-6,9,11,14,20H,1-4,7-8,10H2,(H,17,21). The Morgan fingerprint density at radius 3 is 2.83 bits per heavy atom. The average Bonchev–Trinajstić information content (AvgIpc) is 3.11. The summed E-state index contributed by atoms with van der Waals surface area (Å²) in [5.41, 5.74) is -0.137. The number of carbonyl (C=O) groups is 1. The van der Waals surface area contributed by atoms with Crippen molar-refractivity contribution in [2.75, 3.05) is 25.1 Å². The van der Waals surface area contributed by atoms with Crippen LogP contribution in [0.1, 0.15) is 25.7 Å². The van der Waals surface area contributed by atoms with Crippen molar-refractivity contribution < 1.29 is 19.6 Å². The van der Waals surface area contributed by atoms with Gasteiger partial charge >= 0.3 is 0 Å². The number of nitro groups is 1. The first-order valence-electron chi connectivity index (χ1n) is 8.18. The van der Waals surface area contributed by atoms with Crippen LogP contribution in [-0.4, -0.2) is 52.7 Å². The van der Waals surface area contributed by atoms with E-state index in [4.69, 9.17) is 4.74 Å². The molecule has 2 fully saturated rings. The van der Waals surface area contributed by atoms with Crippen molar-refractivity contribution in [2.45, 2.75) is 37.8 Å². The van der Waals surface area contributed by atoms with Crippen LogP contribution in [-0.2, 0) is 9.53 Å². The van der Waals surface area contributed by atoms with E-state index in [1.807, 2.05) is 0 Å². The van der Waals surface area contributed by atoms with Crippen molar-refractivity contribution in [3.63, 3.8) is 0 Å². The Kier molecular flexibility index (Phi) is 4.96. The first-order valence-corrected chi connectivity index (χ1v) is 8.18. The zero-order valence-electron chi connectivity index (χ0n) is 13.3. The van der Waals surface area contributed by atoms with Crippen molar-refractivity contribution in [1.82, 2.24) is 4.90 Å². The van der Waals surface area contributed by atoms with Gasteiger partial charge in [-0.2, -0.15) is 0 Å². The molecule has 1 aliphatic heterocycles. The summed E-state index contributed by atoms with van der Waals surface area (Å²) in [5, 5.41) is 23.3. The summed E-state index contributed by atoms with van der Waals surface area (Å²) in [4.78, 5) is 25.1. The molecule has 2 N–H and O–H groups in total. The number of ether oxygens (including phenoxy) is 1. The smallest absolute Gasteiger partial charge is 0.271 e. The molecule has 24 heavy (non-hydrogen) atoms. The number of aromatic hydroxyl groups is 1. The lowest BCUT2D eigenvalue weighted by Gasteiger charge is -2.38. The molecular weight excluding hydrogens is 314 g/mol. The largest absolute Gasteiger partial charge is 0.506 e. The van der Waals surface area contributed by atoms with Gasteiger partial charge in [0.25, 0.3) is 5.69 Å². The highest BCUT2D eigenvalue weighted by Gasteiger charge is 2.35. The summed E-state index contributed by atoms with van der Waals surface area (Å²) in [7, 11) is 0. The summed E-state index contributed by atoms with van der Waals surface area (Å²) < 4.78 is 5.45. The van der Waals surface area contributed by atoms with Crippen LogP contribution in [0.4, 0.5) is 11.4 Å². The normalized spacial score (nSPS) is 22.4. The molecule has 1 saturated carbocycles. The van der Waals surface area contributed by atoms with Crippen molar-refractivity contribution in [3.8, 4) is 5.75 Å². The number of nitro benzene ring substituents is 1. The molecule has 2 aliphatic rings. The molecule has 8 heteroatoms. The van der Waals surface area contributed by atoms with Gasteiger partial charge in [0.05, 0.1) is 23.8 Å². The van der Waals surface area contributed by atoms with Crippen LogP contribution in [0.25, 0.3) is 0 Å². The van der Waals surface area contributed by atoms with E-state index >= 15 is 0 Å². The average molecular weight is 335 g/mol. The second-order valence-electron chi connectivity index (χ2n) is 6.21. The quantitative estimate of drug-likeness (QED) is 0.494. The maximum absolute atomic E-state index is 12.7. The second-order valence-corrected chi connectivity index (χ2v) is 6.21. The topological polar surface area (TPSA) is 105 Å². The molecule has 8 nitrogen and oxygen atoms in total. The molecule has 130 valence electrons. The first kappa shape index (κ1) is 16.7. The minimum atomic E-state index is -0.566. The van der Waals surface area contributed by atoms with Crippen molar-refractivity contribution in [2.24, 2.45) is 0 Å². The molecule has 1 aliphatic carbocycles. The van der Waals surface area contributed by atoms with Gasteiger partial charge in [-0.1, -0.05) is 12.8 Å². The fourth-order valence-corrected chi connectivity index (χ4v) is 3.47. The molecule has 0 bridgehead atoms. The van der Waals surface area contributed by atoms with Crippen LogP contribution < -0.4 is 5.32 Å². The fraction of sp³-hybridized carbons (Fsp3) is 0.562. The van der Waals surface area contributed by atoms with Gasteiger partial charge in [0.2, 0.25) is 5.91 Å². The van der Waals surface area contributed by atoms with Gasteiger partial charge in [0.1, 0.15) is 11.8 Å². The van der Waals surface area contributed by atoms with E-state index in [0.717, 1.165) is 18.9 Å². The third kappa shape index (κ3) is 3.49. The Hall–Kier alpha value is -2.19. The molecule has 1 heterocycles. The van der Waals surface area contributed by atoms with Gasteiger partial charge in [-0.3, -0.25) is 19.8 Å². The van der Waals surface area contributed by atoms with E-state index in [9.17, 15) is 20.0 Å². The highest BCUT2D eigenvalue weighted by molar-refractivity contribution is 5.96. The van der Waals surface area contributed by atoms with Crippen LogP contribution in [0.15, 0.2) is 18.2 Å². The van der Waals surface area contributed by atoms with Crippen LogP contribution in [0.3, 0.4) is 0 Å². The number of anilines is 1. The van der Waals surface area contributed by atoms with E-state index in [1.54, 1.807) is 0 Å². The van der Waals surface area contributed by atoms with E-state index in [2.05, 4.69) is 10.2 Å². The molecule has 1 aromatic rings. The SMILES string of the molecule is O=C(Nc1cc([N+](=O)[O-])ccc1O)C1COCCN1C1CCCC1. The lowest BCUT2D eigenvalue weighted by molar-refractivity contribution is -0.384. The molecule has 1 atom stereocenters. The van der Waals surface area contributed by atoms with Crippen molar-refractivity contribution in [1.29, 1.82) is 0 Å². The number of rotatable bonds is 4. The number of hydrogen-bond donors (Lipinski definition) is 2. The number of phenolic OH excluding ortho intramolecular Hbond substituents is 1. The summed E-state index contributed by atoms with van der Waals surface area (Å²) in [6, 6.07) is 3.50. The molecule has 1 unspecified atom stereocenters. The van der Waals surface area contributed by atoms with Crippen LogP contribution in [0, 0.1) is 10.1 Å². The maximum atomic E-state index is 12.7. The minimum absolute atomic E-state index is 0.0474. The van der Waals surface area contributed by atoms with Gasteiger partial charge in [-0.15, -0.1) is 0 Å². The molecule has 1 aromatic carbocycles. The number of non-ortho nitro benzene ring substituents is 1. The molecule has 1 amide bonds. The Morgan fingerprint density at radius 2 is 2.12 bits per heavy atom. The number of amides is 1. The predicted molar refractivity (Wildman–Crippen MR) is 87.0 cm³/mol. The molecule has 0 aromatic heterocycles. The third-order valence-corrected chi connectivity index (χ3v) is 4.72. The van der Waals surface area contributed by atoms with Crippen molar-refractivity contribution >= 4 is 17.3 Å². The number of benzene rings is 1. The summed E-state index contributed by atoms with van der Waals surface area (Å²) in [6.45, 7) is 1.59. The molecule has 1 saturated heterocycles. The number of nitrogens with one attached hydrogen (secondary N) is 1. The minimum Gasteiger partial charge on any atom is -0.506 e. The molecular formula is C16H21N3O5. The lowest BCUT2D eigenvalue weighted by atomic mass is 10.1. The van der Waals surface area contributed by atoms with Gasteiger partial charge in [0, 0.05) is 24.7 Å². The van der Waals surface area contributed by atoms with E-state index in [0.29, 0.717) is 19.2 Å². The lowest BCUT2D eigenvalue weighted by Crippen LogP contribution is -2.55. The highest BCUT2D eigenvalue weighted by Crippen LogP contribution is 2.30. The van der Waals surface area contributed by atoms with Crippen LogP contribution >= 0.6 is 0 Å². The predicted octanol–water partition coefficient (Wildman–Crippen LogP) is 1.88. The van der Waals surface area contributed by atoms with E-state index in [-0.39, 0.29) is 29.6 Å². The summed E-state index contributed by atoms with van der Waals surface area (Å²) in [6.07, 6.45) is 4.49. The number of carbonyl (C=O) groups excluding carboxylic acids is 1. The van der Waals surface area contributed by atoms with Crippen LogP contribution in [0.5, 0.6) is 5.75 Å². The monoisotopic (exact) mass is 335 g/mol. The fourth-order valence-electron chi connectivity index (χ4n) is 3.47. The van der Waals surface area contributed by atoms with E-state index < -0.39 is 11.0 Å². The zero-order chi connectivity index (χ0) is 17.1. The Bertz CT molecular complexity index is 630. The van der Waals surface area contributed by atoms with Gasteiger partial charge in [-0.25, -0.2) is 0 Å². The number of nitrogens with zero attached hydrogens (tertiary/aromatic N) is 2. The van der Waals surface area contributed by atoms with E-state index in [1.165, 1.54) is 25.0 Å². The highest BCUT2D eigenvalue weighted by atomic mass is 16.6. The van der Waals surface area contributed by atoms with Crippen LogP contribution in [0.2, 0.25) is 0 Å². The summed E-state index contributed by atoms with van der Waals surface area (Å²) in [5.74, 6) is -0.504. The number of phenols is 1. The zero-order valence-corrected chi connectivity index (χ0v) is 13.3. The van der Waals surface area contributed by atoms with Gasteiger partial charge in [-0.05, 0) is 18.9 Å².